The standard InChI is InChI=1S/C18H26O2/c1-18-9-8-14-13-5-3-12(19)10-11(13)2-4-15(14)16(18)6-7-17(18)20/h10,12,15-17,19-20H,2-9H2,1H3/t12-,15+,16-,17?,18-/m0/s1. The fourth-order valence-corrected chi connectivity index (χ4v) is 5.62. The summed E-state index contributed by atoms with van der Waals surface area (Å²) in [4.78, 5) is 0. The summed E-state index contributed by atoms with van der Waals surface area (Å²) in [7, 11) is 0. The van der Waals surface area contributed by atoms with E-state index < -0.39 is 0 Å². The second-order valence-corrected chi connectivity index (χ2v) is 7.65. The van der Waals surface area contributed by atoms with E-state index in [1.165, 1.54) is 24.8 Å². The predicted octanol–water partition coefficient (Wildman–Crippen LogP) is 3.35. The van der Waals surface area contributed by atoms with Gasteiger partial charge in [-0.1, -0.05) is 18.6 Å². The van der Waals surface area contributed by atoms with Crippen LogP contribution in [0.2, 0.25) is 0 Å². The molecular formula is C18H26O2. The summed E-state index contributed by atoms with van der Waals surface area (Å²) < 4.78 is 0. The van der Waals surface area contributed by atoms with E-state index in [-0.39, 0.29) is 17.6 Å². The van der Waals surface area contributed by atoms with Crippen LogP contribution in [0.1, 0.15) is 58.3 Å². The number of fused-ring (bicyclic) bond motifs is 4. The molecule has 0 aliphatic heterocycles. The lowest BCUT2D eigenvalue weighted by Crippen LogP contribution is -2.42. The fourth-order valence-electron chi connectivity index (χ4n) is 5.62. The first kappa shape index (κ1) is 13.1. The maximum atomic E-state index is 10.4. The molecule has 2 heteroatoms. The Balaban J connectivity index is 1.72. The van der Waals surface area contributed by atoms with Gasteiger partial charge in [0.05, 0.1) is 12.2 Å². The monoisotopic (exact) mass is 274 g/mol. The van der Waals surface area contributed by atoms with Gasteiger partial charge in [-0.25, -0.2) is 0 Å². The molecule has 2 fully saturated rings. The molecule has 4 aliphatic carbocycles. The predicted molar refractivity (Wildman–Crippen MR) is 79.1 cm³/mol. The first-order chi connectivity index (χ1) is 9.59. The molecule has 4 rings (SSSR count). The van der Waals surface area contributed by atoms with Crippen LogP contribution in [0.5, 0.6) is 0 Å². The molecule has 0 saturated heterocycles. The fraction of sp³-hybridized carbons (Fsp3) is 0.778. The van der Waals surface area contributed by atoms with Crippen molar-refractivity contribution in [2.24, 2.45) is 17.3 Å². The van der Waals surface area contributed by atoms with Gasteiger partial charge in [-0.2, -0.15) is 0 Å². The second kappa shape index (κ2) is 4.45. The van der Waals surface area contributed by atoms with Crippen LogP contribution in [-0.2, 0) is 0 Å². The molecule has 0 aromatic carbocycles. The van der Waals surface area contributed by atoms with Crippen LogP contribution in [0.4, 0.5) is 0 Å². The van der Waals surface area contributed by atoms with Crippen molar-refractivity contribution in [1.29, 1.82) is 0 Å². The Morgan fingerprint density at radius 2 is 1.90 bits per heavy atom. The van der Waals surface area contributed by atoms with Crippen LogP contribution in [-0.4, -0.2) is 22.4 Å². The van der Waals surface area contributed by atoms with Gasteiger partial charge in [0.2, 0.25) is 0 Å². The molecular weight excluding hydrogens is 248 g/mol. The lowest BCUT2D eigenvalue weighted by molar-refractivity contribution is 0.00303. The highest BCUT2D eigenvalue weighted by Gasteiger charge is 2.53. The first-order valence-electron chi connectivity index (χ1n) is 8.38. The van der Waals surface area contributed by atoms with Gasteiger partial charge in [-0.05, 0) is 79.8 Å². The van der Waals surface area contributed by atoms with Crippen LogP contribution >= 0.6 is 0 Å². The Labute approximate surface area is 121 Å². The molecule has 4 aliphatic rings. The SMILES string of the molecule is C[C@]12CCC3=C4CC[C@H](O)C=C4CC[C@H]3[C@@H]1CCC2O. The highest BCUT2D eigenvalue weighted by molar-refractivity contribution is 5.43. The minimum atomic E-state index is -0.215. The van der Waals surface area contributed by atoms with E-state index in [9.17, 15) is 10.2 Å². The van der Waals surface area contributed by atoms with E-state index in [1.807, 2.05) is 0 Å². The van der Waals surface area contributed by atoms with Gasteiger partial charge in [0, 0.05) is 0 Å². The summed E-state index contributed by atoms with van der Waals surface area (Å²) >= 11 is 0. The van der Waals surface area contributed by atoms with Crippen LogP contribution in [0.15, 0.2) is 22.8 Å². The van der Waals surface area contributed by atoms with E-state index in [2.05, 4.69) is 13.0 Å². The third-order valence-corrected chi connectivity index (χ3v) is 6.81. The van der Waals surface area contributed by atoms with Gasteiger partial charge in [0.15, 0.2) is 0 Å². The van der Waals surface area contributed by atoms with E-state index >= 15 is 0 Å². The second-order valence-electron chi connectivity index (χ2n) is 7.65. The summed E-state index contributed by atoms with van der Waals surface area (Å²) in [5, 5.41) is 20.2. The van der Waals surface area contributed by atoms with Crippen molar-refractivity contribution in [2.75, 3.05) is 0 Å². The molecule has 0 aromatic rings. The Bertz CT molecular complexity index is 490. The molecule has 5 atom stereocenters. The van der Waals surface area contributed by atoms with Crippen LogP contribution < -0.4 is 0 Å². The maximum absolute atomic E-state index is 10.4. The molecule has 0 radical (unpaired) electrons. The maximum Gasteiger partial charge on any atom is 0.0729 e. The largest absolute Gasteiger partial charge is 0.393 e. The number of allylic oxidation sites excluding steroid dienone is 3. The Morgan fingerprint density at radius 1 is 1.05 bits per heavy atom. The average Bonchev–Trinajstić information content (AvgIpc) is 2.74. The summed E-state index contributed by atoms with van der Waals surface area (Å²) in [5.41, 5.74) is 4.91. The van der Waals surface area contributed by atoms with Crippen molar-refractivity contribution in [3.8, 4) is 0 Å². The topological polar surface area (TPSA) is 40.5 Å². The molecule has 2 nitrogen and oxygen atoms in total. The highest BCUT2D eigenvalue weighted by Crippen LogP contribution is 2.59. The molecule has 0 heterocycles. The first-order valence-corrected chi connectivity index (χ1v) is 8.38. The average molecular weight is 274 g/mol. The number of aliphatic hydroxyl groups excluding tert-OH is 2. The number of aliphatic hydroxyl groups is 2. The highest BCUT2D eigenvalue weighted by atomic mass is 16.3. The molecule has 0 amide bonds. The third-order valence-electron chi connectivity index (χ3n) is 6.81. The van der Waals surface area contributed by atoms with Crippen molar-refractivity contribution in [3.05, 3.63) is 22.8 Å². The van der Waals surface area contributed by atoms with Crippen molar-refractivity contribution in [2.45, 2.75) is 70.5 Å². The lowest BCUT2D eigenvalue weighted by atomic mass is 9.57. The number of rotatable bonds is 0. The lowest BCUT2D eigenvalue weighted by Gasteiger charge is -2.48. The van der Waals surface area contributed by atoms with Crippen LogP contribution in [0, 0.1) is 17.3 Å². The zero-order chi connectivity index (χ0) is 13.9. The molecule has 0 bridgehead atoms. The number of hydrogen-bond donors (Lipinski definition) is 2. The number of hydrogen-bond acceptors (Lipinski definition) is 2. The quantitative estimate of drug-likeness (QED) is 0.711. The van der Waals surface area contributed by atoms with Gasteiger partial charge >= 0.3 is 0 Å². The molecule has 0 spiro atoms. The minimum absolute atomic E-state index is 0.0795. The van der Waals surface area contributed by atoms with Gasteiger partial charge in [-0.15, -0.1) is 0 Å². The summed E-state index contributed by atoms with van der Waals surface area (Å²) in [6.07, 6.45) is 10.7. The normalized spacial score (nSPS) is 47.5. The zero-order valence-electron chi connectivity index (χ0n) is 12.4. The Hall–Kier alpha value is -0.600. The molecule has 1 unspecified atom stereocenters. The van der Waals surface area contributed by atoms with Crippen molar-refractivity contribution >= 4 is 0 Å². The van der Waals surface area contributed by atoms with Gasteiger partial charge in [0.25, 0.3) is 0 Å². The summed E-state index contributed by atoms with van der Waals surface area (Å²) in [6, 6.07) is 0. The van der Waals surface area contributed by atoms with Gasteiger partial charge in [-0.3, -0.25) is 0 Å². The smallest absolute Gasteiger partial charge is 0.0729 e. The molecule has 2 N–H and O–H groups in total. The van der Waals surface area contributed by atoms with Crippen molar-refractivity contribution < 1.29 is 10.2 Å². The minimum Gasteiger partial charge on any atom is -0.393 e. The van der Waals surface area contributed by atoms with E-state index in [0.29, 0.717) is 11.8 Å². The van der Waals surface area contributed by atoms with E-state index in [4.69, 9.17) is 0 Å². The zero-order valence-corrected chi connectivity index (χ0v) is 12.4. The Morgan fingerprint density at radius 3 is 2.75 bits per heavy atom. The Kier molecular flexibility index (Phi) is 2.91. The van der Waals surface area contributed by atoms with Gasteiger partial charge < -0.3 is 10.2 Å². The molecule has 2 saturated carbocycles. The molecule has 0 aromatic heterocycles. The van der Waals surface area contributed by atoms with E-state index in [1.54, 1.807) is 11.1 Å². The van der Waals surface area contributed by atoms with Crippen molar-refractivity contribution in [3.63, 3.8) is 0 Å². The molecule has 110 valence electrons. The molecule has 20 heavy (non-hydrogen) atoms. The van der Waals surface area contributed by atoms with Gasteiger partial charge in [0.1, 0.15) is 0 Å². The summed E-state index contributed by atoms with van der Waals surface area (Å²) in [6.45, 7) is 2.33. The van der Waals surface area contributed by atoms with Crippen LogP contribution in [0.25, 0.3) is 0 Å². The van der Waals surface area contributed by atoms with Crippen molar-refractivity contribution in [1.82, 2.24) is 0 Å². The van der Waals surface area contributed by atoms with E-state index in [0.717, 1.165) is 32.1 Å². The van der Waals surface area contributed by atoms with Crippen LogP contribution in [0.3, 0.4) is 0 Å². The third kappa shape index (κ3) is 1.70. The summed E-state index contributed by atoms with van der Waals surface area (Å²) in [5.74, 6) is 1.41.